The van der Waals surface area contributed by atoms with Crippen molar-refractivity contribution < 1.29 is 68.5 Å². The maximum absolute atomic E-state index is 12.5. The summed E-state index contributed by atoms with van der Waals surface area (Å²) in [5.74, 6) is -21.3. The van der Waals surface area contributed by atoms with Gasteiger partial charge in [-0.05, 0) is 12.1 Å². The zero-order chi connectivity index (χ0) is 25.6. The van der Waals surface area contributed by atoms with E-state index in [9.17, 15) is 49.5 Å². The molecule has 14 heteroatoms. The first-order valence-corrected chi connectivity index (χ1v) is 9.01. The number of rotatable bonds is 9. The number of ether oxygens (including phenoxy) is 4. The molecular weight excluding hydrogens is 452 g/mol. The molecule has 0 amide bonds. The van der Waals surface area contributed by atoms with Crippen LogP contribution in [-0.2, 0) is 38.1 Å². The minimum absolute atomic E-state index is 0.325. The summed E-state index contributed by atoms with van der Waals surface area (Å²) in [6.07, 6.45) is -2.82. The first-order valence-electron chi connectivity index (χ1n) is 9.01. The monoisotopic (exact) mass is 474 g/mol. The maximum atomic E-state index is 12.5. The van der Waals surface area contributed by atoms with E-state index in [0.29, 0.717) is 20.8 Å². The number of hydrogen-bond acceptors (Lipinski definition) is 14. The number of aliphatic hydroxyl groups excluding tert-OH is 2. The summed E-state index contributed by atoms with van der Waals surface area (Å²) in [7, 11) is 0. The third kappa shape index (κ3) is 5.68. The Bertz CT molecular complexity index is 914. The first kappa shape index (κ1) is 27.6. The Balaban J connectivity index is 3.83. The summed E-state index contributed by atoms with van der Waals surface area (Å²) in [6, 6.07) is 6.45. The van der Waals surface area contributed by atoms with Gasteiger partial charge in [0.15, 0.2) is 0 Å². The number of aliphatic hydroxyl groups is 5. The molecule has 0 saturated carbocycles. The standard InChI is InChI=1S/C19H22O14/c1-10(21)30-16(26)18(28,31-11(2)22)19(29,32-12(3)23)17(27,14(24)9-20)33-15(25)13-7-5-4-6-8-13/h4-8,14,20,24,27-29H,9H2,1-3H3/t14-,17-,18-,19-/m1/s1. The molecule has 0 unspecified atom stereocenters. The topological polar surface area (TPSA) is 223 Å². The normalized spacial score (nSPS) is 17.2. The molecule has 1 rings (SSSR count). The van der Waals surface area contributed by atoms with Crippen LogP contribution in [-0.4, -0.2) is 85.5 Å². The van der Waals surface area contributed by atoms with Crippen LogP contribution in [0.4, 0.5) is 0 Å². The summed E-state index contributed by atoms with van der Waals surface area (Å²) >= 11 is 0. The van der Waals surface area contributed by atoms with Gasteiger partial charge in [-0.3, -0.25) is 14.4 Å². The zero-order valence-corrected chi connectivity index (χ0v) is 17.6. The Kier molecular flexibility index (Phi) is 8.75. The Morgan fingerprint density at radius 2 is 1.36 bits per heavy atom. The smallest absolute Gasteiger partial charge is 0.395 e. The molecule has 182 valence electrons. The van der Waals surface area contributed by atoms with Crippen molar-refractivity contribution in [3.8, 4) is 0 Å². The summed E-state index contributed by atoms with van der Waals surface area (Å²) in [6.45, 7) is 0.263. The van der Waals surface area contributed by atoms with Gasteiger partial charge in [0.2, 0.25) is 0 Å². The van der Waals surface area contributed by atoms with Crippen LogP contribution >= 0.6 is 0 Å². The van der Waals surface area contributed by atoms with Gasteiger partial charge in [0.05, 0.1) is 12.2 Å². The van der Waals surface area contributed by atoms with Crippen LogP contribution in [0.1, 0.15) is 31.1 Å². The van der Waals surface area contributed by atoms with Gasteiger partial charge in [-0.1, -0.05) is 18.2 Å². The van der Waals surface area contributed by atoms with E-state index in [1.165, 1.54) is 18.2 Å². The van der Waals surface area contributed by atoms with E-state index in [1.54, 1.807) is 0 Å². The average molecular weight is 474 g/mol. The molecular formula is C19H22O14. The van der Waals surface area contributed by atoms with Gasteiger partial charge in [0.1, 0.15) is 6.10 Å². The molecule has 1 aromatic carbocycles. The van der Waals surface area contributed by atoms with E-state index in [4.69, 9.17) is 0 Å². The van der Waals surface area contributed by atoms with Crippen LogP contribution in [0.2, 0.25) is 0 Å². The number of esters is 5. The minimum Gasteiger partial charge on any atom is -0.419 e. The molecule has 4 atom stereocenters. The molecule has 14 nitrogen and oxygen atoms in total. The quantitative estimate of drug-likeness (QED) is 0.108. The lowest BCUT2D eigenvalue weighted by molar-refractivity contribution is -0.451. The van der Waals surface area contributed by atoms with Crippen molar-refractivity contribution in [3.63, 3.8) is 0 Å². The molecule has 0 fully saturated rings. The zero-order valence-electron chi connectivity index (χ0n) is 17.6. The molecule has 0 bridgehead atoms. The molecule has 33 heavy (non-hydrogen) atoms. The van der Waals surface area contributed by atoms with Crippen molar-refractivity contribution in [2.24, 2.45) is 0 Å². The lowest BCUT2D eigenvalue weighted by atomic mass is 9.90. The van der Waals surface area contributed by atoms with Crippen molar-refractivity contribution in [1.82, 2.24) is 0 Å². The van der Waals surface area contributed by atoms with Crippen LogP contribution in [0.5, 0.6) is 0 Å². The maximum Gasteiger partial charge on any atom is 0.395 e. The number of carbonyl (C=O) groups excluding carboxylic acids is 5. The summed E-state index contributed by atoms with van der Waals surface area (Å²) < 4.78 is 17.5. The van der Waals surface area contributed by atoms with E-state index in [1.807, 2.05) is 0 Å². The second kappa shape index (κ2) is 10.5. The first-order chi connectivity index (χ1) is 15.1. The molecule has 5 N–H and O–H groups in total. The fourth-order valence-electron chi connectivity index (χ4n) is 2.51. The van der Waals surface area contributed by atoms with E-state index >= 15 is 0 Å². The van der Waals surface area contributed by atoms with Gasteiger partial charge < -0.3 is 44.5 Å². The van der Waals surface area contributed by atoms with Crippen molar-refractivity contribution in [2.75, 3.05) is 6.61 Å². The largest absolute Gasteiger partial charge is 0.419 e. The second-order valence-corrected chi connectivity index (χ2v) is 6.51. The molecule has 0 saturated heterocycles. The Hall–Kier alpha value is -3.43. The highest BCUT2D eigenvalue weighted by Crippen LogP contribution is 2.40. The van der Waals surface area contributed by atoms with Crippen molar-refractivity contribution in [1.29, 1.82) is 0 Å². The molecule has 0 radical (unpaired) electrons. The Morgan fingerprint density at radius 1 is 0.848 bits per heavy atom. The highest BCUT2D eigenvalue weighted by atomic mass is 16.8. The number of hydrogen-bond donors (Lipinski definition) is 5. The van der Waals surface area contributed by atoms with Crippen LogP contribution in [0.25, 0.3) is 0 Å². The van der Waals surface area contributed by atoms with E-state index in [0.717, 1.165) is 12.1 Å². The van der Waals surface area contributed by atoms with Crippen LogP contribution in [0.3, 0.4) is 0 Å². The molecule has 0 spiro atoms. The number of carbonyl (C=O) groups is 5. The van der Waals surface area contributed by atoms with Crippen molar-refractivity contribution >= 4 is 29.8 Å². The van der Waals surface area contributed by atoms with Gasteiger partial charge in [-0.15, -0.1) is 0 Å². The molecule has 0 aliphatic carbocycles. The summed E-state index contributed by atoms with van der Waals surface area (Å²) in [5, 5.41) is 52.4. The fraction of sp³-hybridized carbons (Fsp3) is 0.421. The Morgan fingerprint density at radius 3 is 1.79 bits per heavy atom. The van der Waals surface area contributed by atoms with Crippen LogP contribution in [0, 0.1) is 0 Å². The van der Waals surface area contributed by atoms with Crippen LogP contribution < -0.4 is 0 Å². The molecule has 0 heterocycles. The van der Waals surface area contributed by atoms with Crippen molar-refractivity contribution in [3.05, 3.63) is 35.9 Å². The van der Waals surface area contributed by atoms with Gasteiger partial charge in [-0.25, -0.2) is 9.59 Å². The third-order valence-corrected chi connectivity index (χ3v) is 3.92. The fourth-order valence-corrected chi connectivity index (χ4v) is 2.51. The second-order valence-electron chi connectivity index (χ2n) is 6.51. The highest BCUT2D eigenvalue weighted by Gasteiger charge is 2.77. The van der Waals surface area contributed by atoms with Gasteiger partial charge in [0.25, 0.3) is 0 Å². The molecule has 1 aromatic rings. The Labute approximate surface area is 185 Å². The minimum atomic E-state index is -4.41. The van der Waals surface area contributed by atoms with E-state index in [-0.39, 0.29) is 5.56 Å². The van der Waals surface area contributed by atoms with Crippen LogP contribution in [0.15, 0.2) is 30.3 Å². The summed E-state index contributed by atoms with van der Waals surface area (Å²) in [5.41, 5.74) is -0.325. The SMILES string of the molecule is CC(=O)OC(=O)[C@@](O)(OC(C)=O)[C@](O)(OC(C)=O)[C@](O)(OC(=O)c1ccccc1)[C@H](O)CO. The average Bonchev–Trinajstić information content (AvgIpc) is 2.71. The lowest BCUT2D eigenvalue weighted by Gasteiger charge is -2.47. The highest BCUT2D eigenvalue weighted by molar-refractivity contribution is 5.92. The molecule has 0 aliphatic rings. The van der Waals surface area contributed by atoms with E-state index < -0.39 is 59.9 Å². The van der Waals surface area contributed by atoms with Crippen molar-refractivity contribution in [2.45, 2.75) is 44.2 Å². The van der Waals surface area contributed by atoms with Gasteiger partial charge >= 0.3 is 47.2 Å². The number of benzene rings is 1. The third-order valence-electron chi connectivity index (χ3n) is 3.92. The van der Waals surface area contributed by atoms with E-state index in [2.05, 4.69) is 18.9 Å². The predicted octanol–water partition coefficient (Wildman–Crippen LogP) is -2.52. The predicted molar refractivity (Wildman–Crippen MR) is 100 cm³/mol. The lowest BCUT2D eigenvalue weighted by Crippen LogP contribution is -2.78. The van der Waals surface area contributed by atoms with Gasteiger partial charge in [0, 0.05) is 20.8 Å². The molecule has 0 aromatic heterocycles. The molecule has 0 aliphatic heterocycles. The summed E-state index contributed by atoms with van der Waals surface area (Å²) in [4.78, 5) is 59.4. The van der Waals surface area contributed by atoms with Gasteiger partial charge in [-0.2, -0.15) is 0 Å².